The monoisotopic (exact) mass is 341 g/mol. The molecule has 120 valence electrons. The number of alkyl halides is 3. The largest absolute Gasteiger partial charge is 0.417 e. The SMILES string of the molecule is Fc1ccccc1NC(=S)N/N=C/c1ccccc1C(F)(F)F. The lowest BCUT2D eigenvalue weighted by Crippen LogP contribution is -2.24. The van der Waals surface area contributed by atoms with Crippen molar-refractivity contribution < 1.29 is 17.6 Å². The maximum atomic E-state index is 13.4. The Bertz CT molecular complexity index is 729. The van der Waals surface area contributed by atoms with Crippen LogP contribution in [0.4, 0.5) is 23.2 Å². The number of halogens is 4. The van der Waals surface area contributed by atoms with Crippen molar-refractivity contribution >= 4 is 29.2 Å². The summed E-state index contributed by atoms with van der Waals surface area (Å²) in [5, 5.41) is 6.15. The van der Waals surface area contributed by atoms with Gasteiger partial charge in [0.1, 0.15) is 5.82 Å². The first-order valence-electron chi connectivity index (χ1n) is 6.39. The third-order valence-electron chi connectivity index (χ3n) is 2.76. The molecule has 3 nitrogen and oxygen atoms in total. The highest BCUT2D eigenvalue weighted by Crippen LogP contribution is 2.31. The molecule has 0 heterocycles. The highest BCUT2D eigenvalue weighted by Gasteiger charge is 2.32. The summed E-state index contributed by atoms with van der Waals surface area (Å²) in [5.74, 6) is -0.511. The summed E-state index contributed by atoms with van der Waals surface area (Å²) in [6.45, 7) is 0. The number of para-hydroxylation sites is 1. The summed E-state index contributed by atoms with van der Waals surface area (Å²) < 4.78 is 51.8. The smallest absolute Gasteiger partial charge is 0.329 e. The number of benzene rings is 2. The van der Waals surface area contributed by atoms with Crippen LogP contribution in [0.2, 0.25) is 0 Å². The fraction of sp³-hybridized carbons (Fsp3) is 0.0667. The molecule has 0 aromatic heterocycles. The van der Waals surface area contributed by atoms with E-state index in [1.54, 1.807) is 6.07 Å². The third kappa shape index (κ3) is 4.75. The van der Waals surface area contributed by atoms with Gasteiger partial charge in [0.25, 0.3) is 0 Å². The fourth-order valence-electron chi connectivity index (χ4n) is 1.74. The average Bonchev–Trinajstić information content (AvgIpc) is 2.49. The van der Waals surface area contributed by atoms with Crippen molar-refractivity contribution in [3.63, 3.8) is 0 Å². The molecule has 2 aromatic carbocycles. The zero-order chi connectivity index (χ0) is 16.9. The molecule has 0 aliphatic carbocycles. The Labute approximate surface area is 135 Å². The minimum atomic E-state index is -4.48. The molecule has 0 fully saturated rings. The van der Waals surface area contributed by atoms with Gasteiger partial charge in [0, 0.05) is 5.56 Å². The van der Waals surface area contributed by atoms with Crippen LogP contribution < -0.4 is 10.7 Å². The predicted molar refractivity (Wildman–Crippen MR) is 84.8 cm³/mol. The van der Waals surface area contributed by atoms with Crippen LogP contribution in [0.25, 0.3) is 0 Å². The first-order valence-corrected chi connectivity index (χ1v) is 6.79. The molecule has 0 radical (unpaired) electrons. The second-order valence-corrected chi connectivity index (χ2v) is 4.80. The maximum absolute atomic E-state index is 13.4. The summed E-state index contributed by atoms with van der Waals surface area (Å²) >= 11 is 4.89. The molecule has 0 aliphatic heterocycles. The predicted octanol–water partition coefficient (Wildman–Crippen LogP) is 4.17. The quantitative estimate of drug-likeness (QED) is 0.381. The standard InChI is InChI=1S/C15H11F4N3S/c16-12-7-3-4-8-13(12)21-14(23)22-20-9-10-5-1-2-6-11(10)15(17,18)19/h1-9H,(H2,21,22,23)/b20-9+. The van der Waals surface area contributed by atoms with Crippen molar-refractivity contribution in [1.29, 1.82) is 0 Å². The van der Waals surface area contributed by atoms with E-state index >= 15 is 0 Å². The van der Waals surface area contributed by atoms with E-state index in [2.05, 4.69) is 15.8 Å². The van der Waals surface area contributed by atoms with Crippen LogP contribution in [0.5, 0.6) is 0 Å². The number of rotatable bonds is 3. The summed E-state index contributed by atoms with van der Waals surface area (Å²) in [7, 11) is 0. The van der Waals surface area contributed by atoms with Gasteiger partial charge in [-0.15, -0.1) is 0 Å². The van der Waals surface area contributed by atoms with Gasteiger partial charge in [0.05, 0.1) is 17.5 Å². The molecular formula is C15H11F4N3S. The average molecular weight is 341 g/mol. The summed E-state index contributed by atoms with van der Waals surface area (Å²) in [6, 6.07) is 10.8. The minimum Gasteiger partial charge on any atom is -0.329 e. The zero-order valence-corrected chi connectivity index (χ0v) is 12.4. The van der Waals surface area contributed by atoms with Crippen LogP contribution in [0.15, 0.2) is 53.6 Å². The van der Waals surface area contributed by atoms with E-state index in [4.69, 9.17) is 12.2 Å². The highest BCUT2D eigenvalue weighted by atomic mass is 32.1. The first kappa shape index (κ1) is 16.9. The minimum absolute atomic E-state index is 0.0455. The Hall–Kier alpha value is -2.48. The van der Waals surface area contributed by atoms with Crippen LogP contribution in [0.3, 0.4) is 0 Å². The number of hydrogen-bond donors (Lipinski definition) is 2. The maximum Gasteiger partial charge on any atom is 0.417 e. The number of anilines is 1. The number of hydrogen-bond acceptors (Lipinski definition) is 2. The van der Waals surface area contributed by atoms with Crippen molar-refractivity contribution in [1.82, 2.24) is 5.43 Å². The normalized spacial score (nSPS) is 11.5. The highest BCUT2D eigenvalue weighted by molar-refractivity contribution is 7.80. The van der Waals surface area contributed by atoms with E-state index in [-0.39, 0.29) is 16.4 Å². The van der Waals surface area contributed by atoms with E-state index in [0.717, 1.165) is 12.3 Å². The van der Waals surface area contributed by atoms with Gasteiger partial charge in [-0.05, 0) is 30.4 Å². The van der Waals surface area contributed by atoms with Crippen molar-refractivity contribution in [2.75, 3.05) is 5.32 Å². The third-order valence-corrected chi connectivity index (χ3v) is 2.95. The molecule has 0 bridgehead atoms. The summed E-state index contributed by atoms with van der Waals surface area (Å²) in [6.07, 6.45) is -3.48. The lowest BCUT2D eigenvalue weighted by molar-refractivity contribution is -0.137. The van der Waals surface area contributed by atoms with Gasteiger partial charge >= 0.3 is 6.18 Å². The van der Waals surface area contributed by atoms with Gasteiger partial charge in [0.15, 0.2) is 5.11 Å². The van der Waals surface area contributed by atoms with Crippen molar-refractivity contribution in [2.24, 2.45) is 5.10 Å². The lowest BCUT2D eigenvalue weighted by Gasteiger charge is -2.10. The Kier molecular flexibility index (Phi) is 5.28. The zero-order valence-electron chi connectivity index (χ0n) is 11.6. The van der Waals surface area contributed by atoms with Crippen molar-refractivity contribution in [2.45, 2.75) is 6.18 Å². The molecule has 8 heteroatoms. The summed E-state index contributed by atoms with van der Waals surface area (Å²) in [4.78, 5) is 0. The van der Waals surface area contributed by atoms with E-state index < -0.39 is 17.6 Å². The van der Waals surface area contributed by atoms with Crippen LogP contribution >= 0.6 is 12.2 Å². The summed E-state index contributed by atoms with van der Waals surface area (Å²) in [5.41, 5.74) is 1.56. The van der Waals surface area contributed by atoms with E-state index in [1.807, 2.05) is 0 Å². The first-order chi connectivity index (χ1) is 10.9. The molecule has 0 spiro atoms. The molecule has 0 unspecified atom stereocenters. The van der Waals surface area contributed by atoms with Gasteiger partial charge in [-0.25, -0.2) is 4.39 Å². The Morgan fingerprint density at radius 2 is 1.70 bits per heavy atom. The molecule has 0 saturated heterocycles. The number of nitrogens with zero attached hydrogens (tertiary/aromatic N) is 1. The van der Waals surface area contributed by atoms with Gasteiger partial charge in [-0.3, -0.25) is 5.43 Å². The van der Waals surface area contributed by atoms with Crippen molar-refractivity contribution in [3.05, 3.63) is 65.5 Å². The van der Waals surface area contributed by atoms with Gasteiger partial charge in [0.2, 0.25) is 0 Å². The van der Waals surface area contributed by atoms with Crippen molar-refractivity contribution in [3.8, 4) is 0 Å². The van der Waals surface area contributed by atoms with Gasteiger partial charge < -0.3 is 5.32 Å². The Morgan fingerprint density at radius 3 is 2.39 bits per heavy atom. The van der Waals surface area contributed by atoms with Gasteiger partial charge in [-0.1, -0.05) is 30.3 Å². The van der Waals surface area contributed by atoms with E-state index in [0.29, 0.717) is 0 Å². The Balaban J connectivity index is 2.03. The topological polar surface area (TPSA) is 36.4 Å². The molecular weight excluding hydrogens is 330 g/mol. The molecule has 2 aromatic rings. The molecule has 23 heavy (non-hydrogen) atoms. The molecule has 0 atom stereocenters. The Morgan fingerprint density at radius 1 is 1.04 bits per heavy atom. The van der Waals surface area contributed by atoms with E-state index in [9.17, 15) is 17.6 Å². The van der Waals surface area contributed by atoms with Crippen LogP contribution in [0, 0.1) is 5.82 Å². The van der Waals surface area contributed by atoms with Crippen LogP contribution in [0.1, 0.15) is 11.1 Å². The molecule has 0 aliphatic rings. The molecule has 2 N–H and O–H groups in total. The lowest BCUT2D eigenvalue weighted by atomic mass is 10.1. The molecule has 2 rings (SSSR count). The number of hydrazone groups is 1. The van der Waals surface area contributed by atoms with Crippen LogP contribution in [-0.2, 0) is 6.18 Å². The number of thiocarbonyl (C=S) groups is 1. The molecule has 0 amide bonds. The van der Waals surface area contributed by atoms with Gasteiger partial charge in [-0.2, -0.15) is 18.3 Å². The fourth-order valence-corrected chi connectivity index (χ4v) is 1.90. The number of nitrogens with one attached hydrogen (secondary N) is 2. The molecule has 0 saturated carbocycles. The van der Waals surface area contributed by atoms with E-state index in [1.165, 1.54) is 36.4 Å². The van der Waals surface area contributed by atoms with Crippen LogP contribution in [-0.4, -0.2) is 11.3 Å². The second kappa shape index (κ2) is 7.19. The second-order valence-electron chi connectivity index (χ2n) is 4.39.